The van der Waals surface area contributed by atoms with Gasteiger partial charge in [0.2, 0.25) is 17.7 Å². The highest BCUT2D eigenvalue weighted by molar-refractivity contribution is 5.98. The molecule has 12 nitrogen and oxygen atoms in total. The molecule has 0 fully saturated rings. The van der Waals surface area contributed by atoms with E-state index in [0.29, 0.717) is 18.9 Å². The van der Waals surface area contributed by atoms with E-state index in [2.05, 4.69) is 26.0 Å². The molecule has 0 aromatic heterocycles. The Bertz CT molecular complexity index is 826. The van der Waals surface area contributed by atoms with Crippen LogP contribution in [0.1, 0.15) is 32.8 Å². The van der Waals surface area contributed by atoms with Crippen molar-refractivity contribution in [3.05, 3.63) is 40.3 Å². The number of aliphatic hydroxyl groups is 1. The summed E-state index contributed by atoms with van der Waals surface area (Å²) in [5.41, 5.74) is 9.41. The quantitative estimate of drug-likeness (QED) is 0.121. The minimum atomic E-state index is -0.828. The van der Waals surface area contributed by atoms with E-state index >= 15 is 0 Å². The zero-order valence-electron chi connectivity index (χ0n) is 19.8. The van der Waals surface area contributed by atoms with Crippen molar-refractivity contribution in [1.82, 2.24) is 10.6 Å². The maximum atomic E-state index is 12.7. The molecule has 0 spiro atoms. The SMILES string of the molecule is CC(C)[C@H](NC(=O)CCOCCOCCN=[N+]=[N-])C(=O)N[C@@H](C)C(=O)Nc1ccc(CO)cc1. The Labute approximate surface area is 199 Å². The van der Waals surface area contributed by atoms with Gasteiger partial charge in [0.05, 0.1) is 33.0 Å². The van der Waals surface area contributed by atoms with Gasteiger partial charge < -0.3 is 30.5 Å². The maximum absolute atomic E-state index is 12.7. The fourth-order valence-electron chi connectivity index (χ4n) is 2.73. The lowest BCUT2D eigenvalue weighted by Gasteiger charge is -2.24. The van der Waals surface area contributed by atoms with E-state index in [-0.39, 0.29) is 44.6 Å². The maximum Gasteiger partial charge on any atom is 0.246 e. The summed E-state index contributed by atoms with van der Waals surface area (Å²) >= 11 is 0. The van der Waals surface area contributed by atoms with E-state index < -0.39 is 23.9 Å². The minimum Gasteiger partial charge on any atom is -0.392 e. The molecule has 0 bridgehead atoms. The Morgan fingerprint density at radius 1 is 1.00 bits per heavy atom. The van der Waals surface area contributed by atoms with Gasteiger partial charge in [0.25, 0.3) is 0 Å². The van der Waals surface area contributed by atoms with Crippen LogP contribution in [0.2, 0.25) is 0 Å². The number of benzene rings is 1. The van der Waals surface area contributed by atoms with Crippen molar-refractivity contribution in [3.8, 4) is 0 Å². The van der Waals surface area contributed by atoms with Gasteiger partial charge in [-0.25, -0.2) is 0 Å². The Hall–Kier alpha value is -3.18. The summed E-state index contributed by atoms with van der Waals surface area (Å²) < 4.78 is 10.5. The highest BCUT2D eigenvalue weighted by Crippen LogP contribution is 2.10. The van der Waals surface area contributed by atoms with Gasteiger partial charge in [-0.2, -0.15) is 0 Å². The van der Waals surface area contributed by atoms with Crippen molar-refractivity contribution in [3.63, 3.8) is 0 Å². The Balaban J connectivity index is 2.40. The molecule has 188 valence electrons. The molecule has 0 saturated heterocycles. The average molecular weight is 479 g/mol. The van der Waals surface area contributed by atoms with Crippen molar-refractivity contribution in [2.24, 2.45) is 11.0 Å². The number of amides is 3. The van der Waals surface area contributed by atoms with Gasteiger partial charge in [0, 0.05) is 23.6 Å². The third-order valence-electron chi connectivity index (χ3n) is 4.67. The van der Waals surface area contributed by atoms with Crippen LogP contribution in [0.25, 0.3) is 10.4 Å². The zero-order valence-corrected chi connectivity index (χ0v) is 19.8. The van der Waals surface area contributed by atoms with Crippen molar-refractivity contribution >= 4 is 23.4 Å². The van der Waals surface area contributed by atoms with Crippen LogP contribution in [0.5, 0.6) is 0 Å². The van der Waals surface area contributed by atoms with Crippen molar-refractivity contribution in [2.75, 3.05) is 38.3 Å². The van der Waals surface area contributed by atoms with E-state index in [1.165, 1.54) is 0 Å². The number of carbonyl (C=O) groups is 3. The number of rotatable bonds is 16. The number of nitrogens with zero attached hydrogens (tertiary/aromatic N) is 3. The van der Waals surface area contributed by atoms with Crippen LogP contribution in [0, 0.1) is 5.92 Å². The van der Waals surface area contributed by atoms with Crippen LogP contribution in [0.15, 0.2) is 29.4 Å². The molecule has 0 radical (unpaired) electrons. The molecule has 12 heteroatoms. The molecule has 0 heterocycles. The van der Waals surface area contributed by atoms with E-state index in [0.717, 1.165) is 5.56 Å². The predicted octanol–water partition coefficient (Wildman–Crippen LogP) is 1.50. The van der Waals surface area contributed by atoms with Crippen LogP contribution in [-0.4, -0.2) is 67.9 Å². The smallest absolute Gasteiger partial charge is 0.246 e. The van der Waals surface area contributed by atoms with Crippen LogP contribution in [0.4, 0.5) is 5.69 Å². The zero-order chi connectivity index (χ0) is 25.3. The van der Waals surface area contributed by atoms with Gasteiger partial charge in [-0.1, -0.05) is 31.1 Å². The number of aliphatic hydroxyl groups excluding tert-OH is 1. The van der Waals surface area contributed by atoms with Gasteiger partial charge in [0.1, 0.15) is 12.1 Å². The van der Waals surface area contributed by atoms with Crippen LogP contribution in [0.3, 0.4) is 0 Å². The summed E-state index contributed by atoms with van der Waals surface area (Å²) in [4.78, 5) is 39.9. The molecule has 0 aliphatic carbocycles. The van der Waals surface area contributed by atoms with E-state index in [4.69, 9.17) is 20.1 Å². The van der Waals surface area contributed by atoms with E-state index in [1.807, 2.05) is 0 Å². The molecule has 0 aliphatic heterocycles. The van der Waals surface area contributed by atoms with E-state index in [1.54, 1.807) is 45.0 Å². The Morgan fingerprint density at radius 3 is 2.24 bits per heavy atom. The second-order valence-electron chi connectivity index (χ2n) is 7.79. The van der Waals surface area contributed by atoms with E-state index in [9.17, 15) is 14.4 Å². The topological polar surface area (TPSA) is 175 Å². The normalized spacial score (nSPS) is 12.4. The number of nitrogens with one attached hydrogen (secondary N) is 3. The van der Waals surface area contributed by atoms with Crippen LogP contribution in [-0.2, 0) is 30.5 Å². The summed E-state index contributed by atoms with van der Waals surface area (Å²) in [6.07, 6.45) is 0.0646. The predicted molar refractivity (Wildman–Crippen MR) is 126 cm³/mol. The summed E-state index contributed by atoms with van der Waals surface area (Å²) in [7, 11) is 0. The first-order chi connectivity index (χ1) is 16.3. The second kappa shape index (κ2) is 16.4. The average Bonchev–Trinajstić information content (AvgIpc) is 2.81. The van der Waals surface area contributed by atoms with Gasteiger partial charge in [-0.05, 0) is 36.1 Å². The fourth-order valence-corrected chi connectivity index (χ4v) is 2.73. The van der Waals surface area contributed by atoms with Crippen molar-refractivity contribution < 1.29 is 29.0 Å². The molecule has 3 amide bonds. The van der Waals surface area contributed by atoms with Crippen LogP contribution < -0.4 is 16.0 Å². The molecular weight excluding hydrogens is 444 g/mol. The molecule has 1 aromatic rings. The highest BCUT2D eigenvalue weighted by atomic mass is 16.5. The summed E-state index contributed by atoms with van der Waals surface area (Å²) in [6.45, 7) is 6.34. The molecular formula is C22H34N6O6. The largest absolute Gasteiger partial charge is 0.392 e. The molecule has 1 rings (SSSR count). The number of carbonyl (C=O) groups excluding carboxylic acids is 3. The molecule has 0 saturated carbocycles. The fraction of sp³-hybridized carbons (Fsp3) is 0.591. The van der Waals surface area contributed by atoms with Gasteiger partial charge in [0.15, 0.2) is 0 Å². The number of hydrogen-bond acceptors (Lipinski definition) is 7. The lowest BCUT2D eigenvalue weighted by molar-refractivity contribution is -0.132. The van der Waals surface area contributed by atoms with Gasteiger partial charge in [-0.15, -0.1) is 0 Å². The summed E-state index contributed by atoms with van der Waals surface area (Å²) in [6, 6.07) is 5.05. The number of azide groups is 1. The third-order valence-corrected chi connectivity index (χ3v) is 4.67. The lowest BCUT2D eigenvalue weighted by Crippen LogP contribution is -2.53. The van der Waals surface area contributed by atoms with Gasteiger partial charge in [-0.3, -0.25) is 14.4 Å². The monoisotopic (exact) mass is 478 g/mol. The lowest BCUT2D eigenvalue weighted by atomic mass is 10.0. The summed E-state index contributed by atoms with van der Waals surface area (Å²) in [5.74, 6) is -1.42. The molecule has 4 N–H and O–H groups in total. The first-order valence-corrected chi connectivity index (χ1v) is 11.0. The third kappa shape index (κ3) is 11.6. The molecule has 34 heavy (non-hydrogen) atoms. The number of anilines is 1. The highest BCUT2D eigenvalue weighted by Gasteiger charge is 2.26. The first-order valence-electron chi connectivity index (χ1n) is 11.0. The molecule has 0 unspecified atom stereocenters. The molecule has 2 atom stereocenters. The Morgan fingerprint density at radius 2 is 1.65 bits per heavy atom. The van der Waals surface area contributed by atoms with Crippen molar-refractivity contribution in [1.29, 1.82) is 0 Å². The van der Waals surface area contributed by atoms with Crippen LogP contribution >= 0.6 is 0 Å². The minimum absolute atomic E-state index is 0.0646. The standard InChI is InChI=1S/C22H34N6O6/c1-15(2)20(27-19(30)8-10-33-12-13-34-11-9-24-28-23)22(32)25-16(3)21(31)26-18-6-4-17(14-29)5-7-18/h4-7,15-16,20,29H,8-14H2,1-3H3,(H,25,32)(H,26,31)(H,27,30)/t16-,20-/m0/s1. The number of hydrogen-bond donors (Lipinski definition) is 4. The molecule has 0 aliphatic rings. The second-order valence-corrected chi connectivity index (χ2v) is 7.79. The number of ether oxygens (including phenoxy) is 2. The Kier molecular flexibility index (Phi) is 13.9. The first kappa shape index (κ1) is 28.9. The van der Waals surface area contributed by atoms with Crippen molar-refractivity contribution in [2.45, 2.75) is 45.9 Å². The molecule has 1 aromatic carbocycles. The van der Waals surface area contributed by atoms with Gasteiger partial charge >= 0.3 is 0 Å². The summed E-state index contributed by atoms with van der Waals surface area (Å²) in [5, 5.41) is 20.4.